The Hall–Kier alpha value is -0.550. The molecule has 0 aliphatic carbocycles. The van der Waals surface area contributed by atoms with Crippen molar-refractivity contribution in [1.82, 2.24) is 15.1 Å². The molecular formula is C16H23Cl2N3S. The van der Waals surface area contributed by atoms with Gasteiger partial charge in [0.05, 0.1) is 0 Å². The Morgan fingerprint density at radius 1 is 1.23 bits per heavy atom. The van der Waals surface area contributed by atoms with E-state index in [9.17, 15) is 0 Å². The van der Waals surface area contributed by atoms with Crippen LogP contribution < -0.4 is 5.32 Å². The van der Waals surface area contributed by atoms with Crippen LogP contribution in [0, 0.1) is 5.92 Å². The van der Waals surface area contributed by atoms with E-state index in [1.807, 2.05) is 12.1 Å². The largest absolute Gasteiger partial charge is 0.362 e. The van der Waals surface area contributed by atoms with Crippen LogP contribution in [0.5, 0.6) is 0 Å². The molecule has 22 heavy (non-hydrogen) atoms. The van der Waals surface area contributed by atoms with Crippen LogP contribution in [-0.4, -0.2) is 47.6 Å². The quantitative estimate of drug-likeness (QED) is 0.826. The second kappa shape index (κ2) is 8.34. The highest BCUT2D eigenvalue weighted by atomic mass is 35.5. The van der Waals surface area contributed by atoms with E-state index in [1.54, 1.807) is 6.07 Å². The maximum atomic E-state index is 6.25. The first-order valence-corrected chi connectivity index (χ1v) is 8.81. The minimum absolute atomic E-state index is 0.603. The molecule has 1 aromatic rings. The van der Waals surface area contributed by atoms with Gasteiger partial charge in [0.25, 0.3) is 0 Å². The van der Waals surface area contributed by atoms with Gasteiger partial charge in [0.2, 0.25) is 0 Å². The predicted molar refractivity (Wildman–Crippen MR) is 98.8 cm³/mol. The minimum Gasteiger partial charge on any atom is -0.362 e. The molecule has 0 radical (unpaired) electrons. The fraction of sp³-hybridized carbons (Fsp3) is 0.562. The molecule has 0 unspecified atom stereocenters. The van der Waals surface area contributed by atoms with E-state index in [1.165, 1.54) is 0 Å². The Bertz CT molecular complexity index is 514. The van der Waals surface area contributed by atoms with Crippen molar-refractivity contribution in [1.29, 1.82) is 0 Å². The molecule has 0 atom stereocenters. The smallest absolute Gasteiger partial charge is 0.169 e. The van der Waals surface area contributed by atoms with Gasteiger partial charge in [-0.2, -0.15) is 0 Å². The summed E-state index contributed by atoms with van der Waals surface area (Å²) in [6, 6.07) is 5.70. The van der Waals surface area contributed by atoms with E-state index < -0.39 is 0 Å². The normalized spacial score (nSPS) is 16.1. The zero-order valence-electron chi connectivity index (χ0n) is 13.1. The van der Waals surface area contributed by atoms with E-state index in [4.69, 9.17) is 35.4 Å². The van der Waals surface area contributed by atoms with Crippen LogP contribution in [0.4, 0.5) is 0 Å². The van der Waals surface area contributed by atoms with Crippen molar-refractivity contribution in [2.45, 2.75) is 20.4 Å². The minimum atomic E-state index is 0.603. The summed E-state index contributed by atoms with van der Waals surface area (Å²) in [7, 11) is 0. The van der Waals surface area contributed by atoms with Crippen LogP contribution in [0.3, 0.4) is 0 Å². The fourth-order valence-electron chi connectivity index (χ4n) is 2.40. The fourth-order valence-corrected chi connectivity index (χ4v) is 3.14. The molecule has 0 aromatic heterocycles. The molecule has 1 fully saturated rings. The molecule has 0 spiro atoms. The van der Waals surface area contributed by atoms with Crippen LogP contribution in [0.15, 0.2) is 18.2 Å². The summed E-state index contributed by atoms with van der Waals surface area (Å²) < 4.78 is 0. The van der Waals surface area contributed by atoms with Gasteiger partial charge in [-0.05, 0) is 35.8 Å². The molecule has 3 nitrogen and oxygen atoms in total. The lowest BCUT2D eigenvalue weighted by molar-refractivity contribution is 0.174. The van der Waals surface area contributed by atoms with Crippen molar-refractivity contribution < 1.29 is 0 Å². The second-order valence-corrected chi connectivity index (χ2v) is 7.31. The van der Waals surface area contributed by atoms with Gasteiger partial charge in [0.15, 0.2) is 5.11 Å². The van der Waals surface area contributed by atoms with E-state index in [0.717, 1.165) is 55.0 Å². The highest BCUT2D eigenvalue weighted by Gasteiger charge is 2.19. The van der Waals surface area contributed by atoms with Crippen molar-refractivity contribution in [3.63, 3.8) is 0 Å². The average molecular weight is 360 g/mol. The summed E-state index contributed by atoms with van der Waals surface area (Å²) >= 11 is 17.6. The molecule has 0 saturated carbocycles. The third-order valence-corrected chi connectivity index (χ3v) is 4.72. The summed E-state index contributed by atoms with van der Waals surface area (Å²) in [4.78, 5) is 4.65. The van der Waals surface area contributed by atoms with E-state index in [-0.39, 0.29) is 0 Å². The molecule has 2 rings (SSSR count). The number of piperazine rings is 1. The van der Waals surface area contributed by atoms with Gasteiger partial charge in [-0.1, -0.05) is 43.1 Å². The number of benzene rings is 1. The summed E-state index contributed by atoms with van der Waals surface area (Å²) in [5.41, 5.74) is 1.13. The lowest BCUT2D eigenvalue weighted by Crippen LogP contribution is -2.51. The first kappa shape index (κ1) is 17.8. The Balaban J connectivity index is 1.80. The zero-order chi connectivity index (χ0) is 16.1. The Labute approximate surface area is 148 Å². The van der Waals surface area contributed by atoms with Crippen molar-refractivity contribution in [3.05, 3.63) is 33.8 Å². The van der Waals surface area contributed by atoms with Crippen molar-refractivity contribution in [2.24, 2.45) is 5.92 Å². The molecule has 1 aliphatic rings. The van der Waals surface area contributed by atoms with Gasteiger partial charge in [0, 0.05) is 49.3 Å². The summed E-state index contributed by atoms with van der Waals surface area (Å²) in [6.07, 6.45) is 0. The third kappa shape index (κ3) is 5.27. The van der Waals surface area contributed by atoms with Gasteiger partial charge >= 0.3 is 0 Å². The van der Waals surface area contributed by atoms with Gasteiger partial charge < -0.3 is 10.2 Å². The van der Waals surface area contributed by atoms with Crippen LogP contribution in [0.25, 0.3) is 0 Å². The maximum Gasteiger partial charge on any atom is 0.169 e. The molecular weight excluding hydrogens is 337 g/mol. The maximum absolute atomic E-state index is 6.25. The second-order valence-electron chi connectivity index (χ2n) is 6.08. The van der Waals surface area contributed by atoms with Crippen LogP contribution >= 0.6 is 35.4 Å². The standard InChI is InChI=1S/C16H23Cl2N3S/c1-12(2)10-19-16(22)21-7-5-20(6-8-21)11-13-3-4-14(17)9-15(13)18/h3-4,9,12H,5-8,10-11H2,1-2H3,(H,19,22). The first-order chi connectivity index (χ1) is 10.5. The highest BCUT2D eigenvalue weighted by molar-refractivity contribution is 7.80. The highest BCUT2D eigenvalue weighted by Crippen LogP contribution is 2.22. The third-order valence-electron chi connectivity index (χ3n) is 3.73. The first-order valence-electron chi connectivity index (χ1n) is 7.64. The molecule has 1 heterocycles. The number of nitrogens with one attached hydrogen (secondary N) is 1. The number of halogens is 2. The van der Waals surface area contributed by atoms with Crippen LogP contribution in [0.1, 0.15) is 19.4 Å². The Kier molecular flexibility index (Phi) is 6.75. The van der Waals surface area contributed by atoms with E-state index >= 15 is 0 Å². The van der Waals surface area contributed by atoms with Gasteiger partial charge in [-0.25, -0.2) is 0 Å². The molecule has 1 N–H and O–H groups in total. The van der Waals surface area contributed by atoms with Gasteiger partial charge in [0.1, 0.15) is 0 Å². The van der Waals surface area contributed by atoms with Crippen molar-refractivity contribution >= 4 is 40.5 Å². The van der Waals surface area contributed by atoms with E-state index in [2.05, 4.69) is 29.0 Å². The number of hydrogen-bond donors (Lipinski definition) is 1. The molecule has 0 amide bonds. The monoisotopic (exact) mass is 359 g/mol. The zero-order valence-corrected chi connectivity index (χ0v) is 15.4. The molecule has 6 heteroatoms. The lowest BCUT2D eigenvalue weighted by Gasteiger charge is -2.36. The lowest BCUT2D eigenvalue weighted by atomic mass is 10.2. The topological polar surface area (TPSA) is 18.5 Å². The average Bonchev–Trinajstić information content (AvgIpc) is 2.48. The Morgan fingerprint density at radius 3 is 2.50 bits per heavy atom. The Morgan fingerprint density at radius 2 is 1.91 bits per heavy atom. The molecule has 122 valence electrons. The van der Waals surface area contributed by atoms with Gasteiger partial charge in [-0.3, -0.25) is 4.90 Å². The van der Waals surface area contributed by atoms with Crippen molar-refractivity contribution in [2.75, 3.05) is 32.7 Å². The van der Waals surface area contributed by atoms with Gasteiger partial charge in [-0.15, -0.1) is 0 Å². The molecule has 0 bridgehead atoms. The molecule has 1 aromatic carbocycles. The summed E-state index contributed by atoms with van der Waals surface area (Å²) in [6.45, 7) is 10.0. The summed E-state index contributed by atoms with van der Waals surface area (Å²) in [5.74, 6) is 0.603. The number of rotatable bonds is 4. The number of nitrogens with zero attached hydrogens (tertiary/aromatic N) is 2. The van der Waals surface area contributed by atoms with Crippen LogP contribution in [-0.2, 0) is 6.54 Å². The molecule has 1 aliphatic heterocycles. The number of thiocarbonyl (C=S) groups is 1. The predicted octanol–water partition coefficient (Wildman–Crippen LogP) is 3.64. The number of hydrogen-bond acceptors (Lipinski definition) is 2. The van der Waals surface area contributed by atoms with E-state index in [0.29, 0.717) is 10.9 Å². The van der Waals surface area contributed by atoms with Crippen molar-refractivity contribution in [3.8, 4) is 0 Å². The summed E-state index contributed by atoms with van der Waals surface area (Å²) in [5, 5.41) is 5.63. The van der Waals surface area contributed by atoms with Crippen LogP contribution in [0.2, 0.25) is 10.0 Å². The molecule has 1 saturated heterocycles. The SMILES string of the molecule is CC(C)CNC(=S)N1CCN(Cc2ccc(Cl)cc2Cl)CC1.